The maximum absolute atomic E-state index is 12.3. The van der Waals surface area contributed by atoms with Crippen LogP contribution in [0.4, 0.5) is 10.5 Å². The fourth-order valence-corrected chi connectivity index (χ4v) is 2.98. The third-order valence-corrected chi connectivity index (χ3v) is 4.65. The highest BCUT2D eigenvalue weighted by atomic mass is 16.5. The van der Waals surface area contributed by atoms with E-state index in [1.807, 2.05) is 44.4 Å². The molecule has 9 heteroatoms. The van der Waals surface area contributed by atoms with Crippen LogP contribution in [0.1, 0.15) is 35.3 Å². The van der Waals surface area contributed by atoms with E-state index in [9.17, 15) is 14.4 Å². The quantitative estimate of drug-likeness (QED) is 0.437. The molecule has 3 N–H and O–H groups in total. The monoisotopic (exact) mass is 443 g/mol. The molecule has 0 aliphatic carbocycles. The number of carbonyl (C=O) groups excluding carboxylic acids is 3. The van der Waals surface area contributed by atoms with E-state index >= 15 is 0 Å². The summed E-state index contributed by atoms with van der Waals surface area (Å²) in [4.78, 5) is 38.2. The minimum atomic E-state index is -0.515. The first kappa shape index (κ1) is 24.9. The van der Waals surface area contributed by atoms with Crippen LogP contribution in [0.5, 0.6) is 0 Å². The lowest BCUT2D eigenvalue weighted by atomic mass is 10.2. The Bertz CT molecular complexity index is 880. The number of rotatable bonds is 12. The Morgan fingerprint density at radius 1 is 1.03 bits per heavy atom. The van der Waals surface area contributed by atoms with Gasteiger partial charge in [0.05, 0.1) is 5.69 Å². The van der Waals surface area contributed by atoms with Gasteiger partial charge in [-0.15, -0.1) is 0 Å². The molecule has 9 nitrogen and oxygen atoms in total. The molecule has 0 aliphatic rings. The number of carbonyl (C=O) groups is 3. The third-order valence-electron chi connectivity index (χ3n) is 4.65. The number of hydrogen-bond acceptors (Lipinski definition) is 5. The summed E-state index contributed by atoms with van der Waals surface area (Å²) < 4.78 is 6.80. The number of aromatic nitrogens is 1. The molecular formula is C23H33N5O4. The molecule has 0 spiro atoms. The van der Waals surface area contributed by atoms with Gasteiger partial charge in [0.1, 0.15) is 12.3 Å². The molecule has 1 aromatic carbocycles. The lowest BCUT2D eigenvalue weighted by Gasteiger charge is -2.10. The number of amides is 3. The lowest BCUT2D eigenvalue weighted by Crippen LogP contribution is -2.28. The molecule has 0 bridgehead atoms. The maximum Gasteiger partial charge on any atom is 0.407 e. The Balaban J connectivity index is 1.64. The summed E-state index contributed by atoms with van der Waals surface area (Å²) in [6, 6.07) is 11.1. The minimum absolute atomic E-state index is 0.176. The van der Waals surface area contributed by atoms with Gasteiger partial charge in [-0.25, -0.2) is 4.79 Å². The molecule has 1 heterocycles. The molecule has 2 rings (SSSR count). The van der Waals surface area contributed by atoms with Gasteiger partial charge in [-0.05, 0) is 45.1 Å². The summed E-state index contributed by atoms with van der Waals surface area (Å²) in [6.45, 7) is 2.02. The van der Waals surface area contributed by atoms with Crippen molar-refractivity contribution in [3.8, 4) is 0 Å². The van der Waals surface area contributed by atoms with Gasteiger partial charge in [0.2, 0.25) is 5.91 Å². The zero-order valence-electron chi connectivity index (χ0n) is 19.0. The normalized spacial score (nSPS) is 10.6. The highest BCUT2D eigenvalue weighted by Gasteiger charge is 2.13. The Hall–Kier alpha value is -3.33. The Kier molecular flexibility index (Phi) is 10.3. The largest absolute Gasteiger partial charge is 0.445 e. The molecule has 0 unspecified atom stereocenters. The summed E-state index contributed by atoms with van der Waals surface area (Å²) in [5.74, 6) is -0.363. The number of aryl methyl sites for hydroxylation is 1. The highest BCUT2D eigenvalue weighted by Crippen LogP contribution is 2.13. The Morgan fingerprint density at radius 2 is 1.75 bits per heavy atom. The summed E-state index contributed by atoms with van der Waals surface area (Å²) in [6.07, 6.45) is 2.75. The van der Waals surface area contributed by atoms with E-state index in [0.29, 0.717) is 30.9 Å². The van der Waals surface area contributed by atoms with Crippen LogP contribution in [0, 0.1) is 0 Å². The number of benzene rings is 1. The molecule has 2 aromatic rings. The zero-order chi connectivity index (χ0) is 23.3. The molecular weight excluding hydrogens is 410 g/mol. The first-order valence-electron chi connectivity index (χ1n) is 10.7. The minimum Gasteiger partial charge on any atom is -0.445 e. The number of alkyl carbamates (subject to hydrolysis) is 1. The Labute approximate surface area is 189 Å². The van der Waals surface area contributed by atoms with Crippen molar-refractivity contribution in [2.24, 2.45) is 7.05 Å². The average molecular weight is 444 g/mol. The van der Waals surface area contributed by atoms with Crippen molar-refractivity contribution < 1.29 is 19.1 Å². The van der Waals surface area contributed by atoms with E-state index in [1.165, 1.54) is 0 Å². The number of ether oxygens (including phenoxy) is 1. The number of nitrogens with zero attached hydrogens (tertiary/aromatic N) is 2. The van der Waals surface area contributed by atoms with E-state index in [-0.39, 0.29) is 24.8 Å². The number of nitrogens with one attached hydrogen (secondary N) is 3. The number of hydrogen-bond donors (Lipinski definition) is 3. The molecule has 174 valence electrons. The van der Waals surface area contributed by atoms with Gasteiger partial charge in [-0.3, -0.25) is 9.59 Å². The van der Waals surface area contributed by atoms with Gasteiger partial charge < -0.3 is 30.2 Å². The van der Waals surface area contributed by atoms with E-state index in [2.05, 4.69) is 20.9 Å². The first-order valence-corrected chi connectivity index (χ1v) is 10.7. The molecule has 32 heavy (non-hydrogen) atoms. The van der Waals surface area contributed by atoms with Crippen LogP contribution in [0.25, 0.3) is 0 Å². The predicted molar refractivity (Wildman–Crippen MR) is 123 cm³/mol. The van der Waals surface area contributed by atoms with Crippen LogP contribution >= 0.6 is 0 Å². The van der Waals surface area contributed by atoms with Gasteiger partial charge in [0, 0.05) is 32.8 Å². The van der Waals surface area contributed by atoms with E-state index in [1.54, 1.807) is 23.9 Å². The fourth-order valence-electron chi connectivity index (χ4n) is 2.98. The summed E-state index contributed by atoms with van der Waals surface area (Å²) in [7, 11) is 5.73. The molecule has 0 atom stereocenters. The molecule has 0 aliphatic heterocycles. The average Bonchev–Trinajstić information content (AvgIpc) is 3.13. The topological polar surface area (TPSA) is 105 Å². The van der Waals surface area contributed by atoms with E-state index < -0.39 is 6.09 Å². The molecule has 0 radical (unpaired) electrons. The standard InChI is InChI=1S/C23H33N5O4/c1-27(2)14-8-13-24-22(30)20-15-19(16-28(20)3)26-21(29)11-7-12-25-23(31)32-17-18-9-5-4-6-10-18/h4-6,9-10,15-16H,7-8,11-14,17H2,1-3H3,(H,24,30)(H,25,31)(H,26,29). The van der Waals surface area contributed by atoms with Crippen molar-refractivity contribution >= 4 is 23.6 Å². The van der Waals surface area contributed by atoms with Gasteiger partial charge in [-0.2, -0.15) is 0 Å². The second kappa shape index (κ2) is 13.2. The van der Waals surface area contributed by atoms with Crippen molar-refractivity contribution in [1.82, 2.24) is 20.1 Å². The zero-order valence-corrected chi connectivity index (χ0v) is 19.0. The third kappa shape index (κ3) is 9.22. The summed E-state index contributed by atoms with van der Waals surface area (Å²) in [5.41, 5.74) is 1.95. The SMILES string of the molecule is CN(C)CCCNC(=O)c1cc(NC(=O)CCCNC(=O)OCc2ccccc2)cn1C. The van der Waals surface area contributed by atoms with Crippen LogP contribution in [0.2, 0.25) is 0 Å². The van der Waals surface area contributed by atoms with Crippen molar-refractivity contribution in [1.29, 1.82) is 0 Å². The molecule has 3 amide bonds. The van der Waals surface area contributed by atoms with Crippen molar-refractivity contribution in [3.05, 3.63) is 53.9 Å². The summed E-state index contributed by atoms with van der Waals surface area (Å²) >= 11 is 0. The second-order valence-corrected chi connectivity index (χ2v) is 7.78. The van der Waals surface area contributed by atoms with Gasteiger partial charge >= 0.3 is 6.09 Å². The number of anilines is 1. The van der Waals surface area contributed by atoms with Crippen LogP contribution in [-0.4, -0.2) is 61.1 Å². The predicted octanol–water partition coefficient (Wildman–Crippen LogP) is 2.35. The van der Waals surface area contributed by atoms with Crippen molar-refractivity contribution in [2.75, 3.05) is 39.0 Å². The van der Waals surface area contributed by atoms with E-state index in [4.69, 9.17) is 4.74 Å². The van der Waals surface area contributed by atoms with Crippen LogP contribution in [0.15, 0.2) is 42.6 Å². The molecule has 0 fully saturated rings. The van der Waals surface area contributed by atoms with Crippen molar-refractivity contribution in [2.45, 2.75) is 25.9 Å². The second-order valence-electron chi connectivity index (χ2n) is 7.78. The fraction of sp³-hybridized carbons (Fsp3) is 0.435. The maximum atomic E-state index is 12.3. The first-order chi connectivity index (χ1) is 15.3. The molecule has 1 aromatic heterocycles. The van der Waals surface area contributed by atoms with Gasteiger partial charge in [0.25, 0.3) is 5.91 Å². The molecule has 0 saturated heterocycles. The molecule has 0 saturated carbocycles. The van der Waals surface area contributed by atoms with Gasteiger partial charge in [0.15, 0.2) is 0 Å². The summed E-state index contributed by atoms with van der Waals surface area (Å²) in [5, 5.41) is 8.30. The van der Waals surface area contributed by atoms with Crippen LogP contribution < -0.4 is 16.0 Å². The van der Waals surface area contributed by atoms with Crippen LogP contribution in [0.3, 0.4) is 0 Å². The van der Waals surface area contributed by atoms with Crippen molar-refractivity contribution in [3.63, 3.8) is 0 Å². The smallest absolute Gasteiger partial charge is 0.407 e. The van der Waals surface area contributed by atoms with Gasteiger partial charge in [-0.1, -0.05) is 30.3 Å². The van der Waals surface area contributed by atoms with E-state index in [0.717, 1.165) is 18.5 Å². The highest BCUT2D eigenvalue weighted by molar-refractivity contribution is 5.96. The van der Waals surface area contributed by atoms with Crippen LogP contribution in [-0.2, 0) is 23.2 Å². The lowest BCUT2D eigenvalue weighted by molar-refractivity contribution is -0.116. The Morgan fingerprint density at radius 3 is 2.47 bits per heavy atom.